The number of rotatable bonds is 2. The lowest BCUT2D eigenvalue weighted by molar-refractivity contribution is 0.0679. The van der Waals surface area contributed by atoms with Gasteiger partial charge in [-0.3, -0.25) is 4.79 Å². The third-order valence-electron chi connectivity index (χ3n) is 4.93. The van der Waals surface area contributed by atoms with Crippen LogP contribution in [0.4, 0.5) is 5.69 Å². The predicted molar refractivity (Wildman–Crippen MR) is 94.7 cm³/mol. The summed E-state index contributed by atoms with van der Waals surface area (Å²) >= 11 is 6.06. The zero-order valence-electron chi connectivity index (χ0n) is 13.1. The van der Waals surface area contributed by atoms with E-state index >= 15 is 0 Å². The van der Waals surface area contributed by atoms with Gasteiger partial charge in [-0.2, -0.15) is 0 Å². The molecule has 1 saturated carbocycles. The molecule has 1 amide bonds. The average molecular weight is 342 g/mol. The zero-order chi connectivity index (χ0) is 16.7. The molecule has 0 bridgehead atoms. The number of hydrogen-bond acceptors (Lipinski definition) is 3. The summed E-state index contributed by atoms with van der Waals surface area (Å²) in [5, 5.41) is 13.5. The summed E-state index contributed by atoms with van der Waals surface area (Å²) in [5.74, 6) is -0.274. The fourth-order valence-electron chi connectivity index (χ4n) is 3.78. The molecule has 2 N–H and O–H groups in total. The van der Waals surface area contributed by atoms with E-state index in [4.69, 9.17) is 16.3 Å². The van der Waals surface area contributed by atoms with Crippen LogP contribution >= 0.6 is 11.6 Å². The molecule has 6 heteroatoms. The number of halogens is 1. The van der Waals surface area contributed by atoms with Crippen LogP contribution < -0.4 is 10.8 Å². The molecule has 0 saturated heterocycles. The first-order chi connectivity index (χ1) is 11.6. The Balaban J connectivity index is 1.62. The zero-order valence-corrected chi connectivity index (χ0v) is 13.8. The largest absolute Gasteiger partial charge is 0.492 e. The van der Waals surface area contributed by atoms with Crippen LogP contribution in [-0.2, 0) is 10.3 Å². The first-order valence-corrected chi connectivity index (χ1v) is 8.53. The number of nitrogens with one attached hydrogen (secondary N) is 1. The molecule has 122 valence electrons. The third-order valence-corrected chi connectivity index (χ3v) is 5.26. The van der Waals surface area contributed by atoms with Gasteiger partial charge in [0.2, 0.25) is 0 Å². The smallest absolute Gasteiger partial charge is 0.423 e. The van der Waals surface area contributed by atoms with Gasteiger partial charge >= 0.3 is 7.12 Å². The second kappa shape index (κ2) is 5.92. The Bertz CT molecular complexity index is 805. The molecule has 0 atom stereocenters. The van der Waals surface area contributed by atoms with Crippen molar-refractivity contribution in [3.8, 4) is 0 Å². The van der Waals surface area contributed by atoms with Crippen LogP contribution in [0.15, 0.2) is 42.5 Å². The van der Waals surface area contributed by atoms with E-state index in [0.29, 0.717) is 16.3 Å². The SMILES string of the molecule is O=C(Nc1ccc2c(c1)B(O)OC21CCCC1)c1ccccc1Cl. The number of fused-ring (bicyclic) bond motifs is 2. The minimum atomic E-state index is -0.935. The Kier molecular flexibility index (Phi) is 3.87. The van der Waals surface area contributed by atoms with Crippen molar-refractivity contribution in [2.75, 3.05) is 5.32 Å². The fourth-order valence-corrected chi connectivity index (χ4v) is 4.00. The van der Waals surface area contributed by atoms with Crippen LogP contribution in [0.3, 0.4) is 0 Å². The van der Waals surface area contributed by atoms with Crippen molar-refractivity contribution >= 4 is 35.8 Å². The summed E-state index contributed by atoms with van der Waals surface area (Å²) in [6.07, 6.45) is 4.08. The van der Waals surface area contributed by atoms with Crippen molar-refractivity contribution in [2.24, 2.45) is 0 Å². The van der Waals surface area contributed by atoms with Crippen LogP contribution in [0.5, 0.6) is 0 Å². The van der Waals surface area contributed by atoms with E-state index in [-0.39, 0.29) is 11.5 Å². The summed E-state index contributed by atoms with van der Waals surface area (Å²) < 4.78 is 5.87. The predicted octanol–water partition coefficient (Wildman–Crippen LogP) is 3.08. The number of carbonyl (C=O) groups is 1. The Morgan fingerprint density at radius 2 is 1.96 bits per heavy atom. The molecule has 1 aliphatic heterocycles. The van der Waals surface area contributed by atoms with Crippen molar-refractivity contribution in [2.45, 2.75) is 31.3 Å². The lowest BCUT2D eigenvalue weighted by Crippen LogP contribution is -2.29. The first kappa shape index (κ1) is 15.7. The van der Waals surface area contributed by atoms with Crippen molar-refractivity contribution in [1.82, 2.24) is 0 Å². The molecule has 2 aliphatic rings. The standard InChI is InChI=1S/C18H17BClNO3/c20-16-6-2-1-5-13(16)17(22)21-12-7-8-14-15(11-12)19(23)24-18(14)9-3-4-10-18/h1-2,5-8,11,23H,3-4,9-10H2,(H,21,22). The van der Waals surface area contributed by atoms with E-state index < -0.39 is 7.12 Å². The lowest BCUT2D eigenvalue weighted by Gasteiger charge is -2.24. The van der Waals surface area contributed by atoms with Gasteiger partial charge in [-0.05, 0) is 48.1 Å². The maximum absolute atomic E-state index is 12.4. The molecule has 4 rings (SSSR count). The lowest BCUT2D eigenvalue weighted by atomic mass is 9.77. The highest BCUT2D eigenvalue weighted by Gasteiger charge is 2.48. The molecule has 2 aromatic rings. The second-order valence-corrected chi connectivity index (χ2v) is 6.81. The van der Waals surface area contributed by atoms with E-state index in [1.165, 1.54) is 0 Å². The quantitative estimate of drug-likeness (QED) is 0.825. The molecule has 0 aromatic heterocycles. The third kappa shape index (κ3) is 2.53. The fraction of sp³-hybridized carbons (Fsp3) is 0.278. The maximum atomic E-state index is 12.4. The van der Waals surface area contributed by atoms with Crippen LogP contribution in [0.1, 0.15) is 41.6 Å². The van der Waals surface area contributed by atoms with E-state index in [9.17, 15) is 9.82 Å². The highest BCUT2D eigenvalue weighted by molar-refractivity contribution is 6.62. The summed E-state index contributed by atoms with van der Waals surface area (Å²) in [6, 6.07) is 12.5. The molecule has 0 radical (unpaired) electrons. The van der Waals surface area contributed by atoms with Crippen LogP contribution in [-0.4, -0.2) is 18.0 Å². The minimum absolute atomic E-state index is 0.274. The van der Waals surface area contributed by atoms with Gasteiger partial charge in [-0.1, -0.05) is 42.6 Å². The Morgan fingerprint density at radius 1 is 1.21 bits per heavy atom. The Morgan fingerprint density at radius 3 is 2.71 bits per heavy atom. The van der Waals surface area contributed by atoms with Gasteiger partial charge in [0.15, 0.2) is 0 Å². The van der Waals surface area contributed by atoms with Gasteiger partial charge in [-0.25, -0.2) is 0 Å². The second-order valence-electron chi connectivity index (χ2n) is 6.41. The topological polar surface area (TPSA) is 58.6 Å². The number of carbonyl (C=O) groups excluding carboxylic acids is 1. The molecule has 4 nitrogen and oxygen atoms in total. The van der Waals surface area contributed by atoms with Gasteiger partial charge in [0.25, 0.3) is 5.91 Å². The van der Waals surface area contributed by atoms with Crippen LogP contribution in [0, 0.1) is 0 Å². The monoisotopic (exact) mass is 341 g/mol. The molecule has 1 aliphatic carbocycles. The van der Waals surface area contributed by atoms with Crippen molar-refractivity contribution in [3.63, 3.8) is 0 Å². The molecular formula is C18H17BClNO3. The van der Waals surface area contributed by atoms with E-state index in [1.807, 2.05) is 12.1 Å². The molecule has 1 fully saturated rings. The minimum Gasteiger partial charge on any atom is -0.423 e. The summed E-state index contributed by atoms with van der Waals surface area (Å²) in [7, 11) is -0.935. The molecule has 1 spiro atoms. The number of amides is 1. The maximum Gasteiger partial charge on any atom is 0.492 e. The van der Waals surface area contributed by atoms with Crippen molar-refractivity contribution in [3.05, 3.63) is 58.6 Å². The van der Waals surface area contributed by atoms with Gasteiger partial charge in [0.05, 0.1) is 16.2 Å². The van der Waals surface area contributed by atoms with Crippen LogP contribution in [0.25, 0.3) is 0 Å². The van der Waals surface area contributed by atoms with Crippen LogP contribution in [0.2, 0.25) is 5.02 Å². The van der Waals surface area contributed by atoms with Gasteiger partial charge < -0.3 is 15.0 Å². The first-order valence-electron chi connectivity index (χ1n) is 8.15. The van der Waals surface area contributed by atoms with Gasteiger partial charge in [0, 0.05) is 5.69 Å². The average Bonchev–Trinajstić information content (AvgIpc) is 3.14. The molecule has 0 unspecified atom stereocenters. The van der Waals surface area contributed by atoms with Gasteiger partial charge in [0.1, 0.15) is 0 Å². The molecular weight excluding hydrogens is 324 g/mol. The Labute approximate surface area is 145 Å². The summed E-state index contributed by atoms with van der Waals surface area (Å²) in [4.78, 5) is 12.4. The van der Waals surface area contributed by atoms with Crippen molar-refractivity contribution < 1.29 is 14.5 Å². The highest BCUT2D eigenvalue weighted by Crippen LogP contribution is 2.45. The summed E-state index contributed by atoms with van der Waals surface area (Å²) in [5.41, 5.74) is 2.48. The normalized spacial score (nSPS) is 18.0. The van der Waals surface area contributed by atoms with E-state index in [2.05, 4.69) is 5.32 Å². The molecule has 1 heterocycles. The highest BCUT2D eigenvalue weighted by atomic mass is 35.5. The van der Waals surface area contributed by atoms with E-state index in [0.717, 1.165) is 36.7 Å². The molecule has 24 heavy (non-hydrogen) atoms. The Hall–Kier alpha value is -1.82. The number of hydrogen-bond donors (Lipinski definition) is 2. The molecule has 2 aromatic carbocycles. The van der Waals surface area contributed by atoms with Crippen molar-refractivity contribution in [1.29, 1.82) is 0 Å². The summed E-state index contributed by atoms with van der Waals surface area (Å²) in [6.45, 7) is 0. The van der Waals surface area contributed by atoms with Gasteiger partial charge in [-0.15, -0.1) is 0 Å². The van der Waals surface area contributed by atoms with E-state index in [1.54, 1.807) is 30.3 Å². The number of benzene rings is 2. The number of anilines is 1.